The predicted molar refractivity (Wildman–Crippen MR) is 63.3 cm³/mol. The molecule has 1 atom stereocenters. The molecule has 74 valence electrons. The molecule has 14 heavy (non-hydrogen) atoms. The van der Waals surface area contributed by atoms with Gasteiger partial charge < -0.3 is 4.57 Å². The zero-order valence-electron chi connectivity index (χ0n) is 7.47. The van der Waals surface area contributed by atoms with Crippen LogP contribution >= 0.6 is 7.14 Å². The summed E-state index contributed by atoms with van der Waals surface area (Å²) in [6.07, 6.45) is 1.92. The molecule has 1 aromatic rings. The Hall–Kier alpha value is -1.07. The Balaban J connectivity index is 0.000000980. The highest BCUT2D eigenvalue weighted by Gasteiger charge is 2.21. The third-order valence-electron chi connectivity index (χ3n) is 2.11. The van der Waals surface area contributed by atoms with Gasteiger partial charge in [0, 0.05) is 5.30 Å². The van der Waals surface area contributed by atoms with Crippen molar-refractivity contribution in [3.63, 3.8) is 0 Å². The summed E-state index contributed by atoms with van der Waals surface area (Å²) >= 11 is 0. The smallest absolute Gasteiger partial charge is 0.157 e. The van der Waals surface area contributed by atoms with Crippen LogP contribution in [-0.2, 0) is 4.57 Å². The summed E-state index contributed by atoms with van der Waals surface area (Å²) in [5.41, 5.74) is 1.09. The van der Waals surface area contributed by atoms with Gasteiger partial charge in [-0.3, -0.25) is 0 Å². The van der Waals surface area contributed by atoms with E-state index in [1.807, 2.05) is 55.0 Å². The largest absolute Gasteiger partial charge is 0.310 e. The Labute approximate surface area is 85.5 Å². The molecule has 1 aromatic carbocycles. The molecule has 0 spiro atoms. The van der Waals surface area contributed by atoms with Gasteiger partial charge in [-0.05, 0) is 24.1 Å². The van der Waals surface area contributed by atoms with Gasteiger partial charge in [0.2, 0.25) is 0 Å². The van der Waals surface area contributed by atoms with Gasteiger partial charge in [0.05, 0.1) is 0 Å². The molecule has 1 heterocycles. The standard InChI is InChI=1S/C11H11OP.CH4/c1-10-7-8-13(12,9-10)11-5-3-2-4-6-11;/h2-9H,1H3;1H4. The quantitative estimate of drug-likeness (QED) is 0.639. The summed E-state index contributed by atoms with van der Waals surface area (Å²) in [6, 6.07) is 9.61. The van der Waals surface area contributed by atoms with Gasteiger partial charge in [0.15, 0.2) is 7.14 Å². The minimum atomic E-state index is -2.32. The molecule has 0 aliphatic carbocycles. The van der Waals surface area contributed by atoms with Gasteiger partial charge in [0.25, 0.3) is 0 Å². The highest BCUT2D eigenvalue weighted by molar-refractivity contribution is 7.77. The van der Waals surface area contributed by atoms with Crippen molar-refractivity contribution in [3.8, 4) is 0 Å². The van der Waals surface area contributed by atoms with E-state index < -0.39 is 7.14 Å². The zero-order valence-corrected chi connectivity index (χ0v) is 8.37. The maximum absolute atomic E-state index is 12.3. The highest BCUT2D eigenvalue weighted by Crippen LogP contribution is 2.52. The van der Waals surface area contributed by atoms with E-state index in [4.69, 9.17) is 0 Å². The minimum Gasteiger partial charge on any atom is -0.310 e. The van der Waals surface area contributed by atoms with Crippen molar-refractivity contribution < 1.29 is 4.57 Å². The lowest BCUT2D eigenvalue weighted by Crippen LogP contribution is -1.98. The summed E-state index contributed by atoms with van der Waals surface area (Å²) < 4.78 is 12.3. The molecule has 0 radical (unpaired) electrons. The molecule has 1 aliphatic heterocycles. The Morgan fingerprint density at radius 2 is 1.79 bits per heavy atom. The third-order valence-corrected chi connectivity index (χ3v) is 4.60. The molecule has 0 saturated heterocycles. The first-order valence-corrected chi connectivity index (χ1v) is 6.09. The summed E-state index contributed by atoms with van der Waals surface area (Å²) in [7, 11) is -2.32. The van der Waals surface area contributed by atoms with Crippen molar-refractivity contribution in [2.24, 2.45) is 0 Å². The molecule has 0 aromatic heterocycles. The molecule has 1 aliphatic rings. The van der Waals surface area contributed by atoms with E-state index in [0.29, 0.717) is 0 Å². The Morgan fingerprint density at radius 1 is 1.14 bits per heavy atom. The number of hydrogen-bond donors (Lipinski definition) is 0. The van der Waals surface area contributed by atoms with Crippen LogP contribution in [0, 0.1) is 0 Å². The lowest BCUT2D eigenvalue weighted by atomic mass is 10.4. The zero-order chi connectivity index (χ0) is 9.31. The number of hydrogen-bond acceptors (Lipinski definition) is 1. The van der Waals surface area contributed by atoms with Crippen molar-refractivity contribution in [2.75, 3.05) is 0 Å². The second-order valence-corrected chi connectivity index (χ2v) is 5.73. The first kappa shape index (κ1) is 11.0. The van der Waals surface area contributed by atoms with E-state index in [0.717, 1.165) is 10.9 Å². The van der Waals surface area contributed by atoms with E-state index in [9.17, 15) is 4.57 Å². The van der Waals surface area contributed by atoms with Crippen molar-refractivity contribution in [2.45, 2.75) is 14.4 Å². The normalized spacial score (nSPS) is 24.2. The van der Waals surface area contributed by atoms with Gasteiger partial charge >= 0.3 is 0 Å². The summed E-state index contributed by atoms with van der Waals surface area (Å²) in [6.45, 7) is 1.97. The fourth-order valence-corrected chi connectivity index (χ4v) is 3.63. The van der Waals surface area contributed by atoms with Crippen LogP contribution < -0.4 is 5.30 Å². The topological polar surface area (TPSA) is 17.1 Å². The summed E-state index contributed by atoms with van der Waals surface area (Å²) in [4.78, 5) is 0. The molecule has 1 nitrogen and oxygen atoms in total. The first-order valence-electron chi connectivity index (χ1n) is 4.24. The van der Waals surface area contributed by atoms with Crippen LogP contribution in [0.25, 0.3) is 0 Å². The van der Waals surface area contributed by atoms with Gasteiger partial charge in [-0.15, -0.1) is 0 Å². The van der Waals surface area contributed by atoms with Crippen molar-refractivity contribution in [1.29, 1.82) is 0 Å². The summed E-state index contributed by atoms with van der Waals surface area (Å²) in [5, 5.41) is 0.920. The lowest BCUT2D eigenvalue weighted by Gasteiger charge is -2.05. The molecule has 2 rings (SSSR count). The van der Waals surface area contributed by atoms with Gasteiger partial charge in [-0.2, -0.15) is 0 Å². The van der Waals surface area contributed by atoms with Crippen LogP contribution in [0.3, 0.4) is 0 Å². The van der Waals surface area contributed by atoms with Crippen LogP contribution in [0.1, 0.15) is 14.4 Å². The molecule has 0 bridgehead atoms. The average molecular weight is 206 g/mol. The Morgan fingerprint density at radius 3 is 2.29 bits per heavy atom. The maximum Gasteiger partial charge on any atom is 0.157 e. The number of rotatable bonds is 1. The Kier molecular flexibility index (Phi) is 3.13. The molecule has 0 amide bonds. The summed E-state index contributed by atoms with van der Waals surface area (Å²) in [5.74, 6) is 3.68. The SMILES string of the molecule is C.CC1=CP(=O)(c2ccccc2)C=C1. The molecule has 0 saturated carbocycles. The lowest BCUT2D eigenvalue weighted by molar-refractivity contribution is 0.592. The van der Waals surface area contributed by atoms with Gasteiger partial charge in [-0.25, -0.2) is 0 Å². The second kappa shape index (κ2) is 3.98. The van der Waals surface area contributed by atoms with E-state index in [-0.39, 0.29) is 7.43 Å². The van der Waals surface area contributed by atoms with Crippen molar-refractivity contribution in [1.82, 2.24) is 0 Å². The highest BCUT2D eigenvalue weighted by atomic mass is 31.2. The number of benzene rings is 1. The number of allylic oxidation sites excluding steroid dienone is 2. The van der Waals surface area contributed by atoms with E-state index in [1.165, 1.54) is 0 Å². The second-order valence-electron chi connectivity index (χ2n) is 3.23. The van der Waals surface area contributed by atoms with Crippen molar-refractivity contribution in [3.05, 3.63) is 53.6 Å². The average Bonchev–Trinajstić information content (AvgIpc) is 2.49. The van der Waals surface area contributed by atoms with Crippen LogP contribution in [0.15, 0.2) is 53.6 Å². The molecule has 1 unspecified atom stereocenters. The molecular formula is C12H15OP. The van der Waals surface area contributed by atoms with Gasteiger partial charge in [-0.1, -0.05) is 43.8 Å². The first-order chi connectivity index (χ1) is 6.21. The maximum atomic E-state index is 12.3. The Bertz CT molecular complexity index is 415. The molecule has 0 fully saturated rings. The van der Waals surface area contributed by atoms with Crippen LogP contribution in [-0.4, -0.2) is 0 Å². The van der Waals surface area contributed by atoms with Crippen LogP contribution in [0.4, 0.5) is 0 Å². The molecular weight excluding hydrogens is 191 g/mol. The minimum absolute atomic E-state index is 0. The predicted octanol–water partition coefficient (Wildman–Crippen LogP) is 3.74. The van der Waals surface area contributed by atoms with Crippen LogP contribution in [0.2, 0.25) is 0 Å². The fourth-order valence-electron chi connectivity index (χ4n) is 1.44. The molecule has 2 heteroatoms. The fraction of sp³-hybridized carbons (Fsp3) is 0.167. The van der Waals surface area contributed by atoms with Crippen LogP contribution in [0.5, 0.6) is 0 Å². The van der Waals surface area contributed by atoms with E-state index in [2.05, 4.69) is 0 Å². The van der Waals surface area contributed by atoms with Crippen molar-refractivity contribution >= 4 is 12.4 Å². The third kappa shape index (κ3) is 1.88. The van der Waals surface area contributed by atoms with E-state index >= 15 is 0 Å². The van der Waals surface area contributed by atoms with E-state index in [1.54, 1.807) is 0 Å². The molecule has 0 N–H and O–H groups in total. The monoisotopic (exact) mass is 206 g/mol. The van der Waals surface area contributed by atoms with Gasteiger partial charge in [0.1, 0.15) is 0 Å².